The zero-order valence-electron chi connectivity index (χ0n) is 19.0. The summed E-state index contributed by atoms with van der Waals surface area (Å²) in [6.45, 7) is 3.18. The predicted molar refractivity (Wildman–Crippen MR) is 125 cm³/mol. The molecule has 0 amide bonds. The quantitative estimate of drug-likeness (QED) is 0.445. The van der Waals surface area contributed by atoms with Gasteiger partial charge in [-0.3, -0.25) is 0 Å². The molecule has 2 aliphatic rings. The lowest BCUT2D eigenvalue weighted by atomic mass is 10.1. The van der Waals surface area contributed by atoms with Gasteiger partial charge in [-0.1, -0.05) is 25.7 Å². The highest BCUT2D eigenvalue weighted by Crippen LogP contribution is 2.25. The van der Waals surface area contributed by atoms with Gasteiger partial charge in [0.05, 0.1) is 7.11 Å². The van der Waals surface area contributed by atoms with Crippen LogP contribution in [0, 0.1) is 5.82 Å². The number of methoxy groups -OCH3 is 1. The Hall–Kier alpha value is -2.68. The van der Waals surface area contributed by atoms with Gasteiger partial charge >= 0.3 is 0 Å². The summed E-state index contributed by atoms with van der Waals surface area (Å²) in [5, 5.41) is 13.6. The largest absolute Gasteiger partial charge is 0.494 e. The molecule has 0 radical (unpaired) electrons. The summed E-state index contributed by atoms with van der Waals surface area (Å²) in [6.07, 6.45) is 9.53. The fourth-order valence-electron chi connectivity index (χ4n) is 4.48. The number of hydrogen-bond donors (Lipinski definition) is 4. The van der Waals surface area contributed by atoms with E-state index in [9.17, 15) is 4.39 Å². The van der Waals surface area contributed by atoms with E-state index in [-0.39, 0.29) is 11.8 Å². The Morgan fingerprint density at radius 3 is 2.44 bits per heavy atom. The Balaban J connectivity index is 1.54. The lowest BCUT2D eigenvalue weighted by Gasteiger charge is -2.22. The van der Waals surface area contributed by atoms with Crippen LogP contribution in [0.15, 0.2) is 18.2 Å². The van der Waals surface area contributed by atoms with Crippen LogP contribution in [0.1, 0.15) is 58.3 Å². The van der Waals surface area contributed by atoms with Crippen molar-refractivity contribution in [1.82, 2.24) is 20.3 Å². The Bertz CT molecular complexity index is 860. The van der Waals surface area contributed by atoms with Gasteiger partial charge in [-0.05, 0) is 51.3 Å². The van der Waals surface area contributed by atoms with Crippen LogP contribution in [0.5, 0.6) is 5.75 Å². The van der Waals surface area contributed by atoms with Crippen LogP contribution in [0.2, 0.25) is 0 Å². The summed E-state index contributed by atoms with van der Waals surface area (Å²) in [4.78, 5) is 13.8. The maximum absolute atomic E-state index is 14.2. The van der Waals surface area contributed by atoms with Gasteiger partial charge < -0.3 is 26.0 Å². The van der Waals surface area contributed by atoms with Crippen molar-refractivity contribution in [3.63, 3.8) is 0 Å². The van der Waals surface area contributed by atoms with Crippen molar-refractivity contribution >= 4 is 23.5 Å². The van der Waals surface area contributed by atoms with Crippen LogP contribution in [0.4, 0.5) is 27.9 Å². The van der Waals surface area contributed by atoms with Crippen molar-refractivity contribution in [3.05, 3.63) is 24.0 Å². The average Bonchev–Trinajstić information content (AvgIpc) is 3.20. The monoisotopic (exact) mass is 443 g/mol. The Morgan fingerprint density at radius 1 is 1.00 bits per heavy atom. The molecule has 2 unspecified atom stereocenters. The van der Waals surface area contributed by atoms with Gasteiger partial charge in [0.2, 0.25) is 17.8 Å². The molecular weight excluding hydrogens is 409 g/mol. The molecule has 4 N–H and O–H groups in total. The summed E-state index contributed by atoms with van der Waals surface area (Å²) in [6, 6.07) is 5.61. The minimum Gasteiger partial charge on any atom is -0.494 e. The number of hydrogen-bond acceptors (Lipinski definition) is 8. The molecule has 9 heteroatoms. The van der Waals surface area contributed by atoms with E-state index in [4.69, 9.17) is 4.74 Å². The molecule has 1 aromatic heterocycles. The average molecular weight is 444 g/mol. The molecule has 4 rings (SSSR count). The van der Waals surface area contributed by atoms with Gasteiger partial charge in [-0.2, -0.15) is 15.0 Å². The molecule has 2 aromatic rings. The summed E-state index contributed by atoms with van der Waals surface area (Å²) in [5.41, 5.74) is 0.548. The summed E-state index contributed by atoms with van der Waals surface area (Å²) >= 11 is 0. The summed E-state index contributed by atoms with van der Waals surface area (Å²) < 4.78 is 19.2. The smallest absolute Gasteiger partial charge is 0.233 e. The van der Waals surface area contributed by atoms with Gasteiger partial charge in [0, 0.05) is 29.9 Å². The molecule has 2 heterocycles. The van der Waals surface area contributed by atoms with E-state index < -0.39 is 5.82 Å². The number of rotatable bonds is 8. The van der Waals surface area contributed by atoms with Crippen molar-refractivity contribution in [2.24, 2.45) is 0 Å². The van der Waals surface area contributed by atoms with E-state index in [0.717, 1.165) is 25.8 Å². The lowest BCUT2D eigenvalue weighted by Crippen LogP contribution is -2.38. The number of aromatic nitrogens is 3. The highest BCUT2D eigenvalue weighted by molar-refractivity contribution is 5.57. The molecule has 1 saturated heterocycles. The number of halogens is 1. The van der Waals surface area contributed by atoms with Crippen molar-refractivity contribution < 1.29 is 9.13 Å². The molecular formula is C23H34FN7O. The van der Waals surface area contributed by atoms with Crippen LogP contribution in [-0.4, -0.2) is 46.7 Å². The van der Waals surface area contributed by atoms with E-state index in [1.807, 2.05) is 0 Å². The second-order valence-corrected chi connectivity index (χ2v) is 8.75. The van der Waals surface area contributed by atoms with E-state index in [1.54, 1.807) is 12.1 Å². The topological polar surface area (TPSA) is 96.0 Å². The zero-order valence-corrected chi connectivity index (χ0v) is 19.0. The molecule has 0 bridgehead atoms. The minimum absolute atomic E-state index is 0.178. The highest BCUT2D eigenvalue weighted by Gasteiger charge is 2.22. The SMILES string of the molecule is COc1ccc(Nc2nc(NC3CCCCCC3)nc(NC(C)C3CCCN3)n2)cc1F. The van der Waals surface area contributed by atoms with Gasteiger partial charge in [-0.15, -0.1) is 0 Å². The van der Waals surface area contributed by atoms with Crippen LogP contribution in [0.3, 0.4) is 0 Å². The van der Waals surface area contributed by atoms with Gasteiger partial charge in [0.15, 0.2) is 11.6 Å². The summed E-state index contributed by atoms with van der Waals surface area (Å²) in [5.74, 6) is 1.17. The van der Waals surface area contributed by atoms with Crippen LogP contribution >= 0.6 is 0 Å². The molecule has 2 fully saturated rings. The van der Waals surface area contributed by atoms with Gasteiger partial charge in [0.25, 0.3) is 0 Å². The van der Waals surface area contributed by atoms with Crippen molar-refractivity contribution in [2.45, 2.75) is 76.4 Å². The fourth-order valence-corrected chi connectivity index (χ4v) is 4.48. The number of nitrogens with zero attached hydrogens (tertiary/aromatic N) is 3. The second kappa shape index (κ2) is 10.8. The molecule has 2 atom stereocenters. The predicted octanol–water partition coefficient (Wildman–Crippen LogP) is 4.45. The third kappa shape index (κ3) is 5.97. The maximum atomic E-state index is 14.2. The van der Waals surface area contributed by atoms with Crippen LogP contribution in [-0.2, 0) is 0 Å². The standard InChI is InChI=1S/C23H34FN7O/c1-15(19-10-7-13-25-19)26-21-29-22(27-16-8-5-3-4-6-9-16)31-23(30-21)28-17-11-12-20(32-2)18(24)14-17/h11-12,14-16,19,25H,3-10,13H2,1-2H3,(H3,26,27,28,29,30,31). The third-order valence-corrected chi connectivity index (χ3v) is 6.29. The number of anilines is 4. The molecule has 1 aliphatic heterocycles. The normalized spacial score (nSPS) is 20.4. The van der Waals surface area contributed by atoms with Crippen LogP contribution < -0.4 is 26.0 Å². The number of benzene rings is 1. The molecule has 174 valence electrons. The minimum atomic E-state index is -0.442. The Kier molecular flexibility index (Phi) is 7.57. The van der Waals surface area contributed by atoms with Crippen molar-refractivity contribution in [3.8, 4) is 5.75 Å². The fraction of sp³-hybridized carbons (Fsp3) is 0.609. The molecule has 8 nitrogen and oxygen atoms in total. The Morgan fingerprint density at radius 2 is 1.75 bits per heavy atom. The third-order valence-electron chi connectivity index (χ3n) is 6.29. The van der Waals surface area contributed by atoms with Gasteiger partial charge in [-0.25, -0.2) is 4.39 Å². The molecule has 0 spiro atoms. The highest BCUT2D eigenvalue weighted by atomic mass is 19.1. The van der Waals surface area contributed by atoms with E-state index in [1.165, 1.54) is 45.3 Å². The van der Waals surface area contributed by atoms with Crippen LogP contribution in [0.25, 0.3) is 0 Å². The molecule has 1 saturated carbocycles. The first-order valence-electron chi connectivity index (χ1n) is 11.7. The summed E-state index contributed by atoms with van der Waals surface area (Å²) in [7, 11) is 1.45. The number of ether oxygens (including phenoxy) is 1. The van der Waals surface area contributed by atoms with Crippen molar-refractivity contribution in [1.29, 1.82) is 0 Å². The maximum Gasteiger partial charge on any atom is 0.233 e. The number of nitrogens with one attached hydrogen (secondary N) is 4. The first kappa shape index (κ1) is 22.5. The van der Waals surface area contributed by atoms with E-state index in [2.05, 4.69) is 43.1 Å². The van der Waals surface area contributed by atoms with E-state index in [0.29, 0.717) is 35.6 Å². The molecule has 32 heavy (non-hydrogen) atoms. The lowest BCUT2D eigenvalue weighted by molar-refractivity contribution is 0.386. The van der Waals surface area contributed by atoms with E-state index >= 15 is 0 Å². The first-order valence-corrected chi connectivity index (χ1v) is 11.7. The van der Waals surface area contributed by atoms with Crippen molar-refractivity contribution in [2.75, 3.05) is 29.6 Å². The zero-order chi connectivity index (χ0) is 22.3. The van der Waals surface area contributed by atoms with Gasteiger partial charge in [0.1, 0.15) is 0 Å². The second-order valence-electron chi connectivity index (χ2n) is 8.75. The first-order chi connectivity index (χ1) is 15.6. The molecule has 1 aromatic carbocycles. The Labute approximate surface area is 189 Å². The molecule has 1 aliphatic carbocycles.